The Labute approximate surface area is 241 Å². The van der Waals surface area contributed by atoms with Crippen LogP contribution >= 0.6 is 0 Å². The minimum Gasteiger partial charge on any atom is -0.454 e. The summed E-state index contributed by atoms with van der Waals surface area (Å²) in [6, 6.07) is 12.0. The van der Waals surface area contributed by atoms with Gasteiger partial charge in [0.1, 0.15) is 17.3 Å². The number of hydrogen-bond acceptors (Lipinski definition) is 6. The molecule has 42 heavy (non-hydrogen) atoms. The van der Waals surface area contributed by atoms with E-state index in [2.05, 4.69) is 5.10 Å². The first-order valence-corrected chi connectivity index (χ1v) is 15.0. The van der Waals surface area contributed by atoms with E-state index < -0.39 is 28.1 Å². The highest BCUT2D eigenvalue weighted by Crippen LogP contribution is 2.34. The fraction of sp³-hybridized carbons (Fsp3) is 0.226. The number of aromatic nitrogens is 2. The Bertz CT molecular complexity index is 1830. The van der Waals surface area contributed by atoms with Gasteiger partial charge in [-0.05, 0) is 72.4 Å². The summed E-state index contributed by atoms with van der Waals surface area (Å²) < 4.78 is 73.2. The van der Waals surface area contributed by atoms with E-state index in [9.17, 15) is 22.0 Å². The first-order chi connectivity index (χ1) is 20.0. The van der Waals surface area contributed by atoms with Crippen molar-refractivity contribution < 1.29 is 31.1 Å². The van der Waals surface area contributed by atoms with Crippen LogP contribution in [0.3, 0.4) is 0 Å². The maximum absolute atomic E-state index is 15.3. The predicted octanol–water partition coefficient (Wildman–Crippen LogP) is 6.24. The van der Waals surface area contributed by atoms with Crippen molar-refractivity contribution in [2.75, 3.05) is 18.2 Å². The molecular weight excluding hydrogens is 567 g/mol. The Hall–Kier alpha value is -4.38. The van der Waals surface area contributed by atoms with Gasteiger partial charge < -0.3 is 10.5 Å². The molecule has 4 aromatic rings. The second-order valence-corrected chi connectivity index (χ2v) is 12.4. The van der Waals surface area contributed by atoms with Gasteiger partial charge in [0.25, 0.3) is 0 Å². The van der Waals surface area contributed by atoms with Crippen LogP contribution in [0.15, 0.2) is 60.3 Å². The molecule has 0 bridgehead atoms. The molecule has 11 heteroatoms. The number of Topliss-reactive ketones (excluding diaryl/α,β-unsaturated/α-hetero) is 1. The van der Waals surface area contributed by atoms with Crippen LogP contribution < -0.4 is 10.5 Å². The van der Waals surface area contributed by atoms with Gasteiger partial charge in [-0.1, -0.05) is 24.3 Å². The summed E-state index contributed by atoms with van der Waals surface area (Å²) in [4.78, 5) is 13.5. The summed E-state index contributed by atoms with van der Waals surface area (Å²) >= 11 is 0. The van der Waals surface area contributed by atoms with Crippen LogP contribution in [0, 0.1) is 25.5 Å². The SMILES string of the molecule is Cc1cc2c(cc1CS(=O)(=O)CCCF)CC(C(=O)c1cnn(-c3c(C)cc(Oc4ccccc4F)cc3F)c1N)=C2. The third-order valence-corrected chi connectivity index (χ3v) is 8.78. The highest BCUT2D eigenvalue weighted by molar-refractivity contribution is 7.90. The summed E-state index contributed by atoms with van der Waals surface area (Å²) in [6.07, 6.45) is 3.21. The van der Waals surface area contributed by atoms with Gasteiger partial charge in [-0.15, -0.1) is 0 Å². The quantitative estimate of drug-likeness (QED) is 0.218. The first kappa shape index (κ1) is 29.1. The number of rotatable bonds is 10. The molecule has 5 rings (SSSR count). The summed E-state index contributed by atoms with van der Waals surface area (Å²) in [6.45, 7) is 2.71. The highest BCUT2D eigenvalue weighted by Gasteiger charge is 2.26. The molecule has 0 spiro atoms. The molecule has 0 radical (unpaired) electrons. The minimum atomic E-state index is -3.47. The monoisotopic (exact) mass is 595 g/mol. The largest absolute Gasteiger partial charge is 0.454 e. The van der Waals surface area contributed by atoms with Crippen LogP contribution in [0.1, 0.15) is 44.6 Å². The Kier molecular flexibility index (Phi) is 7.96. The van der Waals surface area contributed by atoms with Crippen molar-refractivity contribution in [1.29, 1.82) is 0 Å². The van der Waals surface area contributed by atoms with Gasteiger partial charge in [0, 0.05) is 18.1 Å². The summed E-state index contributed by atoms with van der Waals surface area (Å²) in [5.74, 6) is -2.17. The number of nitrogens with two attached hydrogens (primary N) is 1. The number of hydrogen-bond donors (Lipinski definition) is 1. The fourth-order valence-corrected chi connectivity index (χ4v) is 6.49. The molecule has 1 aromatic heterocycles. The molecule has 0 saturated carbocycles. The molecule has 0 saturated heterocycles. The van der Waals surface area contributed by atoms with Crippen molar-refractivity contribution in [2.45, 2.75) is 32.4 Å². The molecule has 7 nitrogen and oxygen atoms in total. The number of carbonyl (C=O) groups is 1. The van der Waals surface area contributed by atoms with Crippen molar-refractivity contribution in [3.63, 3.8) is 0 Å². The smallest absolute Gasteiger partial charge is 0.194 e. The summed E-state index contributed by atoms with van der Waals surface area (Å²) in [7, 11) is -3.47. The van der Waals surface area contributed by atoms with E-state index in [4.69, 9.17) is 10.5 Å². The fourth-order valence-electron chi connectivity index (χ4n) is 5.01. The summed E-state index contributed by atoms with van der Waals surface area (Å²) in [5.41, 5.74) is 10.2. The van der Waals surface area contributed by atoms with Gasteiger partial charge in [-0.25, -0.2) is 21.9 Å². The molecule has 3 aromatic carbocycles. The molecule has 2 N–H and O–H groups in total. The van der Waals surface area contributed by atoms with Gasteiger partial charge in [0.05, 0.1) is 29.9 Å². The van der Waals surface area contributed by atoms with E-state index in [-0.39, 0.29) is 58.7 Å². The third-order valence-electron chi connectivity index (χ3n) is 7.12. The van der Waals surface area contributed by atoms with Crippen LogP contribution in [0.4, 0.5) is 19.0 Å². The van der Waals surface area contributed by atoms with E-state index in [1.807, 2.05) is 6.07 Å². The van der Waals surface area contributed by atoms with E-state index >= 15 is 4.39 Å². The number of alkyl halides is 1. The molecule has 0 amide bonds. The lowest BCUT2D eigenvalue weighted by Crippen LogP contribution is -2.11. The number of carbonyl (C=O) groups excluding carboxylic acids is 1. The van der Waals surface area contributed by atoms with Crippen molar-refractivity contribution in [3.05, 3.63) is 105 Å². The number of nitrogen functional groups attached to an aromatic ring is 1. The number of para-hydroxylation sites is 1. The predicted molar refractivity (Wildman–Crippen MR) is 154 cm³/mol. The molecule has 1 aliphatic rings. The van der Waals surface area contributed by atoms with Crippen LogP contribution in [0.5, 0.6) is 11.5 Å². The van der Waals surface area contributed by atoms with E-state index in [1.165, 1.54) is 30.5 Å². The maximum atomic E-state index is 15.3. The lowest BCUT2D eigenvalue weighted by Gasteiger charge is -2.13. The van der Waals surface area contributed by atoms with Crippen molar-refractivity contribution in [3.8, 4) is 17.2 Å². The van der Waals surface area contributed by atoms with E-state index in [1.54, 1.807) is 32.1 Å². The number of nitrogens with zero attached hydrogens (tertiary/aromatic N) is 2. The standard InChI is InChI=1S/C31H28F3N3O4S/c1-18-10-20-12-22(13-21(20)14-23(18)17-42(39,40)9-5-8-32)30(38)25-16-36-37(31(25)35)29-19(2)11-24(15-27(29)34)41-28-7-4-3-6-26(28)33/h3-4,6-7,10-12,14-16H,5,8-9,13,17,35H2,1-2H3. The normalized spacial score (nSPS) is 12.7. The van der Waals surface area contributed by atoms with Crippen LogP contribution in [0.2, 0.25) is 0 Å². The number of sulfone groups is 1. The molecule has 218 valence electrons. The van der Waals surface area contributed by atoms with E-state index in [0.717, 1.165) is 27.4 Å². The van der Waals surface area contributed by atoms with Crippen molar-refractivity contribution in [1.82, 2.24) is 9.78 Å². The molecule has 0 fully saturated rings. The van der Waals surface area contributed by atoms with Crippen LogP contribution in [-0.4, -0.2) is 36.4 Å². The zero-order valence-electron chi connectivity index (χ0n) is 23.0. The topological polar surface area (TPSA) is 104 Å². The van der Waals surface area contributed by atoms with Crippen LogP contribution in [0.25, 0.3) is 11.8 Å². The third kappa shape index (κ3) is 5.82. The minimum absolute atomic E-state index is 0.0188. The van der Waals surface area contributed by atoms with Gasteiger partial charge in [-0.3, -0.25) is 9.18 Å². The molecule has 1 heterocycles. The number of allylic oxidation sites excluding steroid dienone is 1. The number of ether oxygens (including phenoxy) is 1. The molecule has 0 atom stereocenters. The van der Waals surface area contributed by atoms with Crippen molar-refractivity contribution >= 4 is 27.5 Å². The average molecular weight is 596 g/mol. The number of halogens is 3. The van der Waals surface area contributed by atoms with E-state index in [0.29, 0.717) is 16.7 Å². The van der Waals surface area contributed by atoms with Gasteiger partial charge in [0.2, 0.25) is 0 Å². The lowest BCUT2D eigenvalue weighted by atomic mass is 10.0. The van der Waals surface area contributed by atoms with Crippen molar-refractivity contribution in [2.24, 2.45) is 0 Å². The number of anilines is 1. The number of fused-ring (bicyclic) bond motifs is 1. The molecular formula is C31H28F3N3O4S. The number of ketones is 1. The summed E-state index contributed by atoms with van der Waals surface area (Å²) in [5, 5.41) is 4.18. The van der Waals surface area contributed by atoms with Gasteiger partial charge in [-0.2, -0.15) is 5.10 Å². The number of benzene rings is 3. The maximum Gasteiger partial charge on any atom is 0.194 e. The van der Waals surface area contributed by atoms with Gasteiger partial charge >= 0.3 is 0 Å². The Morgan fingerprint density at radius 1 is 1.07 bits per heavy atom. The van der Waals surface area contributed by atoms with Gasteiger partial charge in [0.15, 0.2) is 33.0 Å². The second kappa shape index (κ2) is 11.5. The molecule has 1 aliphatic carbocycles. The second-order valence-electron chi connectivity index (χ2n) is 10.2. The first-order valence-electron chi connectivity index (χ1n) is 13.2. The zero-order valence-corrected chi connectivity index (χ0v) is 23.8. The number of aryl methyl sites for hydroxylation is 2. The van der Waals surface area contributed by atoms with Crippen LogP contribution in [-0.2, 0) is 22.0 Å². The molecule has 0 aliphatic heterocycles. The Balaban J connectivity index is 1.37. The average Bonchev–Trinajstić information content (AvgIpc) is 3.51. The zero-order chi connectivity index (χ0) is 30.2. The Morgan fingerprint density at radius 2 is 1.83 bits per heavy atom. The molecule has 0 unspecified atom stereocenters. The Morgan fingerprint density at radius 3 is 2.55 bits per heavy atom. The lowest BCUT2D eigenvalue weighted by molar-refractivity contribution is 0.103. The highest BCUT2D eigenvalue weighted by atomic mass is 32.2.